The molecule has 1 N–H and O–H groups in total. The second-order valence-corrected chi connectivity index (χ2v) is 5.67. The molecule has 1 saturated heterocycles. The van der Waals surface area contributed by atoms with Crippen LogP contribution in [-0.2, 0) is 4.74 Å². The van der Waals surface area contributed by atoms with Crippen molar-refractivity contribution in [3.8, 4) is 0 Å². The molecule has 2 nitrogen and oxygen atoms in total. The van der Waals surface area contributed by atoms with Crippen LogP contribution in [0.4, 0.5) is 0 Å². The van der Waals surface area contributed by atoms with Crippen molar-refractivity contribution in [1.29, 1.82) is 0 Å². The number of aliphatic hydroxyl groups is 1. The Morgan fingerprint density at radius 1 is 1.29 bits per heavy atom. The van der Waals surface area contributed by atoms with E-state index in [-0.39, 0.29) is 17.1 Å². The molecule has 0 aromatic heterocycles. The molecule has 1 spiro atoms. The molecule has 2 heteroatoms. The molecule has 1 heterocycles. The second-order valence-electron chi connectivity index (χ2n) is 5.67. The topological polar surface area (TPSA) is 32.8 Å². The Morgan fingerprint density at radius 2 is 2.00 bits per heavy atom. The van der Waals surface area contributed by atoms with Gasteiger partial charge in [-0.1, -0.05) is 13.3 Å². The van der Waals surface area contributed by atoms with Crippen molar-refractivity contribution in [1.82, 2.24) is 0 Å². The van der Waals surface area contributed by atoms with Crippen molar-refractivity contribution >= 4 is 0 Å². The fourth-order valence-electron chi connectivity index (χ4n) is 4.32. The molecular formula is C12H20O2. The van der Waals surface area contributed by atoms with Crippen molar-refractivity contribution in [2.45, 2.75) is 63.8 Å². The van der Waals surface area contributed by atoms with Crippen LogP contribution in [0.3, 0.4) is 0 Å². The molecule has 2 aliphatic carbocycles. The summed E-state index contributed by atoms with van der Waals surface area (Å²) in [5.41, 5.74) is 0.420. The highest BCUT2D eigenvalue weighted by Crippen LogP contribution is 2.67. The molecule has 3 fully saturated rings. The van der Waals surface area contributed by atoms with Gasteiger partial charge in [0.25, 0.3) is 0 Å². The van der Waals surface area contributed by atoms with Crippen molar-refractivity contribution in [3.63, 3.8) is 0 Å². The quantitative estimate of drug-likeness (QED) is 0.602. The van der Waals surface area contributed by atoms with E-state index in [0.29, 0.717) is 12.0 Å². The Balaban J connectivity index is 1.94. The highest BCUT2D eigenvalue weighted by atomic mass is 16.6. The summed E-state index contributed by atoms with van der Waals surface area (Å²) in [4.78, 5) is 0. The molecule has 2 saturated carbocycles. The van der Waals surface area contributed by atoms with Gasteiger partial charge in [-0.25, -0.2) is 0 Å². The number of hydrogen-bond acceptors (Lipinski definition) is 2. The Labute approximate surface area is 85.6 Å². The summed E-state index contributed by atoms with van der Waals surface area (Å²) in [7, 11) is 0. The summed E-state index contributed by atoms with van der Waals surface area (Å²) in [5.74, 6) is 0.501. The smallest absolute Gasteiger partial charge is 0.100 e. The molecule has 80 valence electrons. The van der Waals surface area contributed by atoms with Gasteiger partial charge in [-0.2, -0.15) is 0 Å². The fraction of sp³-hybridized carbons (Fsp3) is 1.00. The largest absolute Gasteiger partial charge is 0.393 e. The van der Waals surface area contributed by atoms with Gasteiger partial charge in [-0.3, -0.25) is 0 Å². The van der Waals surface area contributed by atoms with Crippen LogP contribution < -0.4 is 0 Å². The zero-order chi connectivity index (χ0) is 9.97. The first kappa shape index (κ1) is 9.17. The van der Waals surface area contributed by atoms with Crippen LogP contribution in [0, 0.1) is 11.3 Å². The van der Waals surface area contributed by atoms with E-state index in [1.54, 1.807) is 0 Å². The summed E-state index contributed by atoms with van der Waals surface area (Å²) < 4.78 is 5.88. The lowest BCUT2D eigenvalue weighted by molar-refractivity contribution is -0.0261. The van der Waals surface area contributed by atoms with Gasteiger partial charge in [-0.15, -0.1) is 0 Å². The van der Waals surface area contributed by atoms with Gasteiger partial charge in [0.1, 0.15) is 5.60 Å². The minimum absolute atomic E-state index is 0.0653. The minimum atomic E-state index is -0.0653. The molecule has 3 aliphatic rings. The van der Waals surface area contributed by atoms with E-state index in [1.165, 1.54) is 25.7 Å². The molecular weight excluding hydrogens is 176 g/mol. The van der Waals surface area contributed by atoms with Crippen molar-refractivity contribution in [2.75, 3.05) is 0 Å². The monoisotopic (exact) mass is 196 g/mol. The highest BCUT2D eigenvalue weighted by molar-refractivity contribution is 5.19. The maximum absolute atomic E-state index is 10.0. The third-order valence-corrected chi connectivity index (χ3v) is 5.26. The summed E-state index contributed by atoms with van der Waals surface area (Å²) in [6.45, 7) is 4.53. The number of ether oxygens (including phenoxy) is 1. The van der Waals surface area contributed by atoms with Crippen molar-refractivity contribution in [3.05, 3.63) is 0 Å². The Kier molecular flexibility index (Phi) is 1.66. The van der Waals surface area contributed by atoms with Crippen molar-refractivity contribution in [2.24, 2.45) is 11.3 Å². The number of rotatable bonds is 0. The van der Waals surface area contributed by atoms with E-state index in [9.17, 15) is 5.11 Å². The molecule has 0 radical (unpaired) electrons. The average Bonchev–Trinajstić information content (AvgIpc) is 2.67. The fourth-order valence-corrected chi connectivity index (χ4v) is 4.32. The summed E-state index contributed by atoms with van der Waals surface area (Å²) >= 11 is 0. The first-order valence-corrected chi connectivity index (χ1v) is 5.96. The standard InChI is InChI=1S/C12H20O2/c1-8-12(14-8)7-5-9-10(13)4-3-6-11(9,12)2/h8-10,13H,3-7H2,1-2H3/t8-,9?,10-,11-,12-/m0/s1. The normalized spacial score (nSPS) is 61.5. The molecule has 0 aromatic carbocycles. The van der Waals surface area contributed by atoms with Gasteiger partial charge in [0.05, 0.1) is 12.2 Å². The van der Waals surface area contributed by atoms with Gasteiger partial charge < -0.3 is 9.84 Å². The van der Waals surface area contributed by atoms with Crippen LogP contribution in [0.5, 0.6) is 0 Å². The number of aliphatic hydroxyl groups excluding tert-OH is 1. The Hall–Kier alpha value is -0.0800. The lowest BCUT2D eigenvalue weighted by Gasteiger charge is -2.42. The molecule has 1 aliphatic heterocycles. The summed E-state index contributed by atoms with van der Waals surface area (Å²) in [6.07, 6.45) is 6.14. The molecule has 5 atom stereocenters. The van der Waals surface area contributed by atoms with Crippen LogP contribution in [0.15, 0.2) is 0 Å². The predicted octanol–water partition coefficient (Wildman–Crippen LogP) is 2.10. The maximum atomic E-state index is 10.0. The van der Waals surface area contributed by atoms with Gasteiger partial charge in [0, 0.05) is 5.41 Å². The van der Waals surface area contributed by atoms with Crippen molar-refractivity contribution < 1.29 is 9.84 Å². The predicted molar refractivity (Wildman–Crippen MR) is 54.0 cm³/mol. The third-order valence-electron chi connectivity index (χ3n) is 5.26. The molecule has 14 heavy (non-hydrogen) atoms. The van der Waals surface area contributed by atoms with Crippen LogP contribution in [0.1, 0.15) is 46.0 Å². The number of epoxide rings is 1. The zero-order valence-electron chi connectivity index (χ0n) is 9.12. The van der Waals surface area contributed by atoms with Crippen LogP contribution in [0.25, 0.3) is 0 Å². The van der Waals surface area contributed by atoms with E-state index in [0.717, 1.165) is 6.42 Å². The number of hydrogen-bond donors (Lipinski definition) is 1. The molecule has 0 bridgehead atoms. The van der Waals surface area contributed by atoms with Gasteiger partial charge in [-0.05, 0) is 38.5 Å². The zero-order valence-corrected chi connectivity index (χ0v) is 9.12. The lowest BCUT2D eigenvalue weighted by atomic mass is 9.63. The first-order valence-electron chi connectivity index (χ1n) is 5.96. The van der Waals surface area contributed by atoms with E-state index >= 15 is 0 Å². The molecule has 1 unspecified atom stereocenters. The van der Waals surface area contributed by atoms with Crippen LogP contribution in [-0.4, -0.2) is 22.9 Å². The van der Waals surface area contributed by atoms with Crippen LogP contribution in [0.2, 0.25) is 0 Å². The van der Waals surface area contributed by atoms with E-state index in [2.05, 4.69) is 13.8 Å². The van der Waals surface area contributed by atoms with Gasteiger partial charge in [0.15, 0.2) is 0 Å². The van der Waals surface area contributed by atoms with E-state index < -0.39 is 0 Å². The van der Waals surface area contributed by atoms with E-state index in [4.69, 9.17) is 4.74 Å². The summed E-state index contributed by atoms with van der Waals surface area (Å²) in [6, 6.07) is 0. The highest BCUT2D eigenvalue weighted by Gasteiger charge is 2.71. The molecule has 3 rings (SSSR count). The third kappa shape index (κ3) is 0.849. The average molecular weight is 196 g/mol. The van der Waals surface area contributed by atoms with Gasteiger partial charge in [0.2, 0.25) is 0 Å². The SMILES string of the molecule is C[C@@H]1O[C@@]12CCC1[C@@H](O)CCC[C@@]12C. The summed E-state index contributed by atoms with van der Waals surface area (Å²) in [5, 5.41) is 10.0. The van der Waals surface area contributed by atoms with Crippen LogP contribution >= 0.6 is 0 Å². The Morgan fingerprint density at radius 3 is 2.64 bits per heavy atom. The number of fused-ring (bicyclic) bond motifs is 2. The van der Waals surface area contributed by atoms with E-state index in [1.807, 2.05) is 0 Å². The second kappa shape index (κ2) is 2.53. The minimum Gasteiger partial charge on any atom is -0.393 e. The first-order chi connectivity index (χ1) is 6.60. The maximum Gasteiger partial charge on any atom is 0.100 e. The van der Waals surface area contributed by atoms with Gasteiger partial charge >= 0.3 is 0 Å². The Bertz CT molecular complexity index is 265. The molecule has 0 aromatic rings. The lowest BCUT2D eigenvalue weighted by Crippen LogP contribution is -2.44. The molecule has 0 amide bonds.